The van der Waals surface area contributed by atoms with Crippen LogP contribution in [-0.4, -0.2) is 18.7 Å². The van der Waals surface area contributed by atoms with Gasteiger partial charge in [-0.3, -0.25) is 9.59 Å². The average Bonchev–Trinajstić information content (AvgIpc) is 2.51. The molecule has 3 nitrogen and oxygen atoms in total. The van der Waals surface area contributed by atoms with Gasteiger partial charge in [0, 0.05) is 22.3 Å². The maximum absolute atomic E-state index is 12.6. The molecule has 98 valence electrons. The summed E-state index contributed by atoms with van der Waals surface area (Å²) in [6.45, 7) is 0. The van der Waals surface area contributed by atoms with Gasteiger partial charge in [-0.15, -0.1) is 0 Å². The molecule has 0 bridgehead atoms. The van der Waals surface area contributed by atoms with Crippen molar-refractivity contribution in [1.29, 1.82) is 0 Å². The second-order valence-electron chi connectivity index (χ2n) is 4.50. The number of ether oxygens (including phenoxy) is 1. The van der Waals surface area contributed by atoms with E-state index >= 15 is 0 Å². The van der Waals surface area contributed by atoms with Crippen LogP contribution in [0.5, 0.6) is 5.75 Å². The summed E-state index contributed by atoms with van der Waals surface area (Å²) in [4.78, 5) is 24.7. The molecule has 0 fully saturated rings. The molecule has 0 unspecified atom stereocenters. The van der Waals surface area contributed by atoms with Crippen LogP contribution in [0.1, 0.15) is 26.3 Å². The maximum atomic E-state index is 12.6. The summed E-state index contributed by atoms with van der Waals surface area (Å²) in [5.74, 6) is 0.282. The molecule has 2 aromatic carbocycles. The number of ketones is 2. The van der Waals surface area contributed by atoms with Crippen molar-refractivity contribution in [2.75, 3.05) is 7.11 Å². The van der Waals surface area contributed by atoms with Gasteiger partial charge in [0.05, 0.1) is 7.11 Å². The first-order valence-corrected chi connectivity index (χ1v) is 6.25. The number of allylic oxidation sites excluding steroid dienone is 2. The number of methoxy groups -OCH3 is 1. The quantitative estimate of drug-likeness (QED) is 0.836. The van der Waals surface area contributed by atoms with Gasteiger partial charge in [-0.1, -0.05) is 42.5 Å². The standard InChI is InChI=1S/C17H12O3/c1-20-16-9-5-4-7-12(16)14-10-15(18)11-6-2-3-8-13(11)17(14)19/h2-10H,1H3. The Morgan fingerprint density at radius 3 is 2.10 bits per heavy atom. The van der Waals surface area contributed by atoms with E-state index in [0.29, 0.717) is 28.0 Å². The van der Waals surface area contributed by atoms with Crippen molar-refractivity contribution in [2.24, 2.45) is 0 Å². The molecule has 0 saturated heterocycles. The van der Waals surface area contributed by atoms with Crippen molar-refractivity contribution in [1.82, 2.24) is 0 Å². The highest BCUT2D eigenvalue weighted by Gasteiger charge is 2.27. The first kappa shape index (κ1) is 12.4. The van der Waals surface area contributed by atoms with Gasteiger partial charge < -0.3 is 4.74 Å². The molecule has 0 atom stereocenters. The summed E-state index contributed by atoms with van der Waals surface area (Å²) in [5, 5.41) is 0. The summed E-state index contributed by atoms with van der Waals surface area (Å²) in [5.41, 5.74) is 1.92. The lowest BCUT2D eigenvalue weighted by Crippen LogP contribution is -2.16. The van der Waals surface area contributed by atoms with Crippen LogP contribution in [0, 0.1) is 0 Å². The molecule has 0 radical (unpaired) electrons. The minimum absolute atomic E-state index is 0.148. The molecule has 0 amide bonds. The van der Waals surface area contributed by atoms with E-state index in [-0.39, 0.29) is 11.6 Å². The van der Waals surface area contributed by atoms with Gasteiger partial charge in [0.25, 0.3) is 0 Å². The van der Waals surface area contributed by atoms with Crippen LogP contribution in [0.25, 0.3) is 5.57 Å². The Morgan fingerprint density at radius 1 is 0.800 bits per heavy atom. The molecule has 0 aromatic heterocycles. The van der Waals surface area contributed by atoms with Crippen molar-refractivity contribution in [2.45, 2.75) is 0 Å². The van der Waals surface area contributed by atoms with Gasteiger partial charge >= 0.3 is 0 Å². The predicted molar refractivity (Wildman–Crippen MR) is 76.1 cm³/mol. The minimum Gasteiger partial charge on any atom is -0.496 e. The molecule has 2 aromatic rings. The summed E-state index contributed by atoms with van der Waals surface area (Å²) in [6.07, 6.45) is 1.39. The van der Waals surface area contributed by atoms with Crippen LogP contribution in [0.4, 0.5) is 0 Å². The lowest BCUT2D eigenvalue weighted by Gasteiger charge is -2.16. The fourth-order valence-corrected chi connectivity index (χ4v) is 2.38. The lowest BCUT2D eigenvalue weighted by molar-refractivity contribution is 0.100. The van der Waals surface area contributed by atoms with Crippen LogP contribution < -0.4 is 4.74 Å². The van der Waals surface area contributed by atoms with Gasteiger partial charge in [-0.25, -0.2) is 0 Å². The second-order valence-corrected chi connectivity index (χ2v) is 4.50. The Morgan fingerprint density at radius 2 is 1.40 bits per heavy atom. The zero-order chi connectivity index (χ0) is 14.1. The lowest BCUT2D eigenvalue weighted by atomic mass is 9.86. The van der Waals surface area contributed by atoms with Crippen LogP contribution in [0.2, 0.25) is 0 Å². The Balaban J connectivity index is 2.18. The van der Waals surface area contributed by atoms with E-state index < -0.39 is 0 Å². The van der Waals surface area contributed by atoms with Crippen molar-refractivity contribution in [3.8, 4) is 5.75 Å². The number of para-hydroxylation sites is 1. The molecule has 3 rings (SSSR count). The van der Waals surface area contributed by atoms with Crippen LogP contribution in [0.15, 0.2) is 54.6 Å². The molecule has 0 N–H and O–H groups in total. The van der Waals surface area contributed by atoms with Gasteiger partial charge in [-0.05, 0) is 12.1 Å². The number of carbonyl (C=O) groups is 2. The third kappa shape index (κ3) is 1.84. The SMILES string of the molecule is COc1ccccc1C1=CC(=O)c2ccccc2C1=O. The smallest absolute Gasteiger partial charge is 0.194 e. The summed E-state index contributed by atoms with van der Waals surface area (Å²) < 4.78 is 5.27. The van der Waals surface area contributed by atoms with E-state index in [1.165, 1.54) is 6.08 Å². The zero-order valence-electron chi connectivity index (χ0n) is 10.9. The molecule has 3 heteroatoms. The fourth-order valence-electron chi connectivity index (χ4n) is 2.38. The van der Waals surface area contributed by atoms with Gasteiger partial charge in [0.15, 0.2) is 11.6 Å². The fraction of sp³-hybridized carbons (Fsp3) is 0.0588. The Kier molecular flexibility index (Phi) is 2.95. The van der Waals surface area contributed by atoms with E-state index in [4.69, 9.17) is 4.74 Å². The number of Topliss-reactive ketones (excluding diaryl/α,β-unsaturated/α-hetero) is 1. The van der Waals surface area contributed by atoms with Crippen LogP contribution in [0.3, 0.4) is 0 Å². The van der Waals surface area contributed by atoms with Gasteiger partial charge in [-0.2, -0.15) is 0 Å². The number of benzene rings is 2. The maximum Gasteiger partial charge on any atom is 0.194 e. The van der Waals surface area contributed by atoms with Gasteiger partial charge in [0.1, 0.15) is 5.75 Å². The number of hydrogen-bond acceptors (Lipinski definition) is 3. The molecular formula is C17H12O3. The summed E-state index contributed by atoms with van der Waals surface area (Å²) in [6, 6.07) is 14.1. The monoisotopic (exact) mass is 264 g/mol. The predicted octanol–water partition coefficient (Wildman–Crippen LogP) is 3.16. The summed E-state index contributed by atoms with van der Waals surface area (Å²) >= 11 is 0. The Hall–Kier alpha value is -2.68. The zero-order valence-corrected chi connectivity index (χ0v) is 10.9. The van der Waals surface area contributed by atoms with E-state index in [1.54, 1.807) is 43.5 Å². The highest BCUT2D eigenvalue weighted by molar-refractivity contribution is 6.38. The average molecular weight is 264 g/mol. The molecule has 0 saturated carbocycles. The minimum atomic E-state index is -0.152. The van der Waals surface area contributed by atoms with Crippen molar-refractivity contribution < 1.29 is 14.3 Å². The molecular weight excluding hydrogens is 252 g/mol. The molecule has 0 heterocycles. The highest BCUT2D eigenvalue weighted by atomic mass is 16.5. The first-order valence-electron chi connectivity index (χ1n) is 6.25. The molecule has 0 spiro atoms. The van der Waals surface area contributed by atoms with E-state index in [1.807, 2.05) is 12.1 Å². The van der Waals surface area contributed by atoms with E-state index in [9.17, 15) is 9.59 Å². The molecule has 1 aliphatic carbocycles. The van der Waals surface area contributed by atoms with Crippen molar-refractivity contribution >= 4 is 17.1 Å². The normalized spacial score (nSPS) is 13.8. The van der Waals surface area contributed by atoms with Crippen molar-refractivity contribution in [3.05, 3.63) is 71.3 Å². The molecule has 0 aliphatic heterocycles. The topological polar surface area (TPSA) is 43.4 Å². The first-order chi connectivity index (χ1) is 9.72. The number of rotatable bonds is 2. The van der Waals surface area contributed by atoms with Crippen LogP contribution in [-0.2, 0) is 0 Å². The number of fused-ring (bicyclic) bond motifs is 1. The summed E-state index contributed by atoms with van der Waals surface area (Å²) in [7, 11) is 1.54. The van der Waals surface area contributed by atoms with Gasteiger partial charge in [0.2, 0.25) is 0 Å². The Labute approximate surface area is 116 Å². The van der Waals surface area contributed by atoms with Crippen LogP contribution >= 0.6 is 0 Å². The number of hydrogen-bond donors (Lipinski definition) is 0. The Bertz CT molecular complexity index is 741. The number of carbonyl (C=O) groups excluding carboxylic acids is 2. The third-order valence-electron chi connectivity index (χ3n) is 3.35. The molecule has 20 heavy (non-hydrogen) atoms. The van der Waals surface area contributed by atoms with E-state index in [2.05, 4.69) is 0 Å². The highest BCUT2D eigenvalue weighted by Crippen LogP contribution is 2.32. The third-order valence-corrected chi connectivity index (χ3v) is 3.35. The largest absolute Gasteiger partial charge is 0.496 e. The molecule has 1 aliphatic rings. The van der Waals surface area contributed by atoms with E-state index in [0.717, 1.165) is 0 Å². The second kappa shape index (κ2) is 4.78. The van der Waals surface area contributed by atoms with Crippen molar-refractivity contribution in [3.63, 3.8) is 0 Å².